The molecule has 0 spiro atoms. The predicted octanol–water partition coefficient (Wildman–Crippen LogP) is 3.27. The molecule has 5 heteroatoms. The third kappa shape index (κ3) is 3.82. The van der Waals surface area contributed by atoms with Crippen molar-refractivity contribution in [1.82, 2.24) is 9.97 Å². The highest BCUT2D eigenvalue weighted by molar-refractivity contribution is 5.47. The molecule has 1 aromatic rings. The summed E-state index contributed by atoms with van der Waals surface area (Å²) in [7, 11) is 0. The van der Waals surface area contributed by atoms with Crippen molar-refractivity contribution in [3.8, 4) is 0 Å². The lowest BCUT2D eigenvalue weighted by Gasteiger charge is -2.33. The Balaban J connectivity index is 2.06. The largest absolute Gasteiger partial charge is 0.369 e. The summed E-state index contributed by atoms with van der Waals surface area (Å²) in [6.45, 7) is 7.50. The van der Waals surface area contributed by atoms with Crippen LogP contribution in [0.25, 0.3) is 0 Å². The van der Waals surface area contributed by atoms with E-state index < -0.39 is 0 Å². The molecule has 1 aromatic heterocycles. The predicted molar refractivity (Wildman–Crippen MR) is 83.6 cm³/mol. The van der Waals surface area contributed by atoms with Crippen LogP contribution in [0.2, 0.25) is 0 Å². The maximum absolute atomic E-state index is 5.48. The molecule has 0 unspecified atom stereocenters. The van der Waals surface area contributed by atoms with Crippen molar-refractivity contribution in [2.24, 2.45) is 11.3 Å². The van der Waals surface area contributed by atoms with E-state index in [2.05, 4.69) is 41.5 Å². The summed E-state index contributed by atoms with van der Waals surface area (Å²) in [4.78, 5) is 8.95. The van der Waals surface area contributed by atoms with Crippen LogP contribution >= 0.6 is 0 Å². The van der Waals surface area contributed by atoms with Crippen LogP contribution in [0, 0.1) is 5.41 Å². The first-order valence-corrected chi connectivity index (χ1v) is 7.62. The van der Waals surface area contributed by atoms with Crippen molar-refractivity contribution < 1.29 is 0 Å². The third-order valence-corrected chi connectivity index (χ3v) is 4.16. The molecule has 112 valence electrons. The molecular weight excluding hydrogens is 250 g/mol. The van der Waals surface area contributed by atoms with E-state index in [1.807, 2.05) is 6.07 Å². The van der Waals surface area contributed by atoms with Gasteiger partial charge >= 0.3 is 0 Å². The number of nitrogens with two attached hydrogens (primary N) is 1. The Kier molecular flexibility index (Phi) is 4.81. The van der Waals surface area contributed by atoms with Crippen LogP contribution in [0.3, 0.4) is 0 Å². The van der Waals surface area contributed by atoms with Gasteiger partial charge in [-0.1, -0.05) is 40.0 Å². The average molecular weight is 277 g/mol. The van der Waals surface area contributed by atoms with Gasteiger partial charge in [-0.2, -0.15) is 0 Å². The van der Waals surface area contributed by atoms with E-state index in [-0.39, 0.29) is 5.92 Å². The maximum Gasteiger partial charge on any atom is 0.145 e. The topological polar surface area (TPSA) is 75.9 Å². The molecule has 1 aliphatic rings. The molecule has 2 rings (SSSR count). The number of hydrogen-bond donors (Lipinski definition) is 3. The molecule has 0 radical (unpaired) electrons. The van der Waals surface area contributed by atoms with Gasteiger partial charge < -0.3 is 10.7 Å². The van der Waals surface area contributed by atoms with Crippen LogP contribution in [-0.4, -0.2) is 16.5 Å². The minimum Gasteiger partial charge on any atom is -0.369 e. The molecule has 1 heterocycles. The standard InChI is InChI=1S/C15H27N5/c1-11(2)14-18-12(9-13(19-14)20-16)17-10-15(3)7-5-4-6-8-15/h9,11H,4-8,10,16H2,1-3H3,(H2,17,18,19,20). The zero-order valence-electron chi connectivity index (χ0n) is 12.9. The van der Waals surface area contributed by atoms with Crippen LogP contribution in [-0.2, 0) is 0 Å². The molecule has 1 saturated carbocycles. The van der Waals surface area contributed by atoms with Crippen LogP contribution in [0.5, 0.6) is 0 Å². The minimum absolute atomic E-state index is 0.286. The molecule has 5 nitrogen and oxygen atoms in total. The summed E-state index contributed by atoms with van der Waals surface area (Å²) in [6.07, 6.45) is 6.65. The highest BCUT2D eigenvalue weighted by Gasteiger charge is 2.26. The van der Waals surface area contributed by atoms with Crippen molar-refractivity contribution in [2.45, 2.75) is 58.8 Å². The van der Waals surface area contributed by atoms with Crippen LogP contribution in [0.4, 0.5) is 11.6 Å². The summed E-state index contributed by atoms with van der Waals surface area (Å²) < 4.78 is 0. The number of hydrogen-bond acceptors (Lipinski definition) is 5. The zero-order chi connectivity index (χ0) is 14.6. The lowest BCUT2D eigenvalue weighted by Crippen LogP contribution is -2.29. The summed E-state index contributed by atoms with van der Waals surface area (Å²) in [5, 5.41) is 3.48. The van der Waals surface area contributed by atoms with Gasteiger partial charge in [0, 0.05) is 18.5 Å². The molecule has 0 saturated heterocycles. The van der Waals surface area contributed by atoms with E-state index in [0.717, 1.165) is 18.2 Å². The van der Waals surface area contributed by atoms with Gasteiger partial charge in [0.2, 0.25) is 0 Å². The van der Waals surface area contributed by atoms with E-state index in [1.165, 1.54) is 32.1 Å². The number of hydrazine groups is 1. The van der Waals surface area contributed by atoms with Crippen molar-refractivity contribution in [3.63, 3.8) is 0 Å². The first-order valence-electron chi connectivity index (χ1n) is 7.62. The highest BCUT2D eigenvalue weighted by Crippen LogP contribution is 2.35. The van der Waals surface area contributed by atoms with Crippen molar-refractivity contribution in [1.29, 1.82) is 0 Å². The van der Waals surface area contributed by atoms with Gasteiger partial charge in [0.15, 0.2) is 0 Å². The molecule has 4 N–H and O–H groups in total. The van der Waals surface area contributed by atoms with Crippen molar-refractivity contribution >= 4 is 11.6 Å². The number of nitrogens with one attached hydrogen (secondary N) is 2. The highest BCUT2D eigenvalue weighted by atomic mass is 15.3. The molecule has 20 heavy (non-hydrogen) atoms. The first kappa shape index (κ1) is 15.0. The second kappa shape index (κ2) is 6.39. The van der Waals surface area contributed by atoms with Gasteiger partial charge in [-0.25, -0.2) is 15.8 Å². The van der Waals surface area contributed by atoms with Gasteiger partial charge in [-0.15, -0.1) is 0 Å². The minimum atomic E-state index is 0.286. The van der Waals surface area contributed by atoms with Crippen molar-refractivity contribution in [2.75, 3.05) is 17.3 Å². The lowest BCUT2D eigenvalue weighted by atomic mass is 9.76. The number of aromatic nitrogens is 2. The summed E-state index contributed by atoms with van der Waals surface area (Å²) in [5.41, 5.74) is 3.01. The molecule has 0 amide bonds. The number of anilines is 2. The Labute approximate surface area is 121 Å². The Morgan fingerprint density at radius 1 is 1.20 bits per heavy atom. The summed E-state index contributed by atoms with van der Waals surface area (Å²) in [5.74, 6) is 8.12. The van der Waals surface area contributed by atoms with Gasteiger partial charge in [0.05, 0.1) is 0 Å². The van der Waals surface area contributed by atoms with Gasteiger partial charge in [-0.3, -0.25) is 0 Å². The fourth-order valence-corrected chi connectivity index (χ4v) is 2.77. The third-order valence-electron chi connectivity index (χ3n) is 4.16. The van der Waals surface area contributed by atoms with Crippen LogP contribution in [0.15, 0.2) is 6.07 Å². The van der Waals surface area contributed by atoms with Crippen molar-refractivity contribution in [3.05, 3.63) is 11.9 Å². The van der Waals surface area contributed by atoms with E-state index in [0.29, 0.717) is 11.2 Å². The lowest BCUT2D eigenvalue weighted by molar-refractivity contribution is 0.233. The molecule has 0 aromatic carbocycles. The van der Waals surface area contributed by atoms with E-state index in [1.54, 1.807) is 0 Å². The molecule has 1 aliphatic carbocycles. The number of nitrogens with zero attached hydrogens (tertiary/aromatic N) is 2. The normalized spacial score (nSPS) is 18.1. The van der Waals surface area contributed by atoms with E-state index in [4.69, 9.17) is 5.84 Å². The number of nitrogen functional groups attached to an aromatic ring is 1. The summed E-state index contributed by atoms with van der Waals surface area (Å²) >= 11 is 0. The molecule has 0 atom stereocenters. The Hall–Kier alpha value is -1.36. The van der Waals surface area contributed by atoms with E-state index >= 15 is 0 Å². The zero-order valence-corrected chi connectivity index (χ0v) is 12.9. The molecule has 1 fully saturated rings. The Morgan fingerprint density at radius 2 is 1.85 bits per heavy atom. The van der Waals surface area contributed by atoms with Gasteiger partial charge in [0.25, 0.3) is 0 Å². The fraction of sp³-hybridized carbons (Fsp3) is 0.733. The number of rotatable bonds is 5. The molecule has 0 aliphatic heterocycles. The SMILES string of the molecule is CC(C)c1nc(NN)cc(NCC2(C)CCCCC2)n1. The maximum atomic E-state index is 5.48. The van der Waals surface area contributed by atoms with Gasteiger partial charge in [-0.05, 0) is 18.3 Å². The van der Waals surface area contributed by atoms with Gasteiger partial charge in [0.1, 0.15) is 17.5 Å². The first-order chi connectivity index (χ1) is 9.52. The average Bonchev–Trinajstić information content (AvgIpc) is 2.45. The smallest absolute Gasteiger partial charge is 0.145 e. The van der Waals surface area contributed by atoms with Crippen LogP contribution in [0.1, 0.15) is 64.6 Å². The monoisotopic (exact) mass is 277 g/mol. The van der Waals surface area contributed by atoms with Crippen LogP contribution < -0.4 is 16.6 Å². The Morgan fingerprint density at radius 3 is 2.45 bits per heavy atom. The summed E-state index contributed by atoms with van der Waals surface area (Å²) in [6, 6.07) is 1.87. The van der Waals surface area contributed by atoms with E-state index in [9.17, 15) is 0 Å². The second-order valence-corrected chi connectivity index (χ2v) is 6.52. The second-order valence-electron chi connectivity index (χ2n) is 6.52. The quantitative estimate of drug-likeness (QED) is 0.569. The molecular formula is C15H27N5. The fourth-order valence-electron chi connectivity index (χ4n) is 2.77. The molecule has 0 bridgehead atoms. The Bertz CT molecular complexity index is 438.